The van der Waals surface area contributed by atoms with Crippen LogP contribution < -0.4 is 4.90 Å². The fourth-order valence-electron chi connectivity index (χ4n) is 2.69. The van der Waals surface area contributed by atoms with E-state index in [4.69, 9.17) is 0 Å². The molecule has 2 aromatic rings. The van der Waals surface area contributed by atoms with Gasteiger partial charge in [-0.15, -0.1) is 0 Å². The number of hydrogen-bond acceptors (Lipinski definition) is 2. The lowest BCUT2D eigenvalue weighted by Gasteiger charge is -2.15. The van der Waals surface area contributed by atoms with Crippen molar-refractivity contribution in [1.29, 1.82) is 5.26 Å². The Balaban J connectivity index is 1.52. The van der Waals surface area contributed by atoms with E-state index in [0.29, 0.717) is 0 Å². The van der Waals surface area contributed by atoms with E-state index in [1.54, 1.807) is 4.90 Å². The molecule has 0 spiro atoms. The van der Waals surface area contributed by atoms with E-state index in [0.717, 1.165) is 25.1 Å². The highest BCUT2D eigenvalue weighted by Crippen LogP contribution is 2.14. The van der Waals surface area contributed by atoms with Crippen LogP contribution in [0.2, 0.25) is 0 Å². The number of para-hydroxylation sites is 1. The Morgan fingerprint density at radius 2 is 1.42 bits per heavy atom. The number of allylic oxidation sites excluding steroid dienone is 1. The molecule has 0 aromatic heterocycles. The van der Waals surface area contributed by atoms with Crippen LogP contribution in [0.3, 0.4) is 0 Å². The molecule has 0 bridgehead atoms. The summed E-state index contributed by atoms with van der Waals surface area (Å²) in [6, 6.07) is 20.3. The van der Waals surface area contributed by atoms with Crippen LogP contribution in [0.15, 0.2) is 66.7 Å². The molecule has 0 amide bonds. The van der Waals surface area contributed by atoms with Crippen molar-refractivity contribution in [2.75, 3.05) is 11.4 Å². The SMILES string of the molecule is N#CN(CCCCCCCC=Cc1ccccc1)c1ccccc1. The Kier molecular flexibility index (Phi) is 8.22. The molecular weight excluding hydrogens is 292 g/mol. The predicted molar refractivity (Wildman–Crippen MR) is 103 cm³/mol. The summed E-state index contributed by atoms with van der Waals surface area (Å²) in [5, 5.41) is 9.24. The number of benzene rings is 2. The Bertz CT molecular complexity index is 626. The first-order valence-electron chi connectivity index (χ1n) is 8.84. The molecular formula is C22H26N2. The van der Waals surface area contributed by atoms with Crippen LogP contribution in [0.5, 0.6) is 0 Å². The molecule has 2 rings (SSSR count). The maximum Gasteiger partial charge on any atom is 0.184 e. The first-order valence-corrected chi connectivity index (χ1v) is 8.84. The molecule has 0 N–H and O–H groups in total. The third kappa shape index (κ3) is 6.71. The fourth-order valence-corrected chi connectivity index (χ4v) is 2.69. The van der Waals surface area contributed by atoms with Crippen LogP contribution in [0.4, 0.5) is 5.69 Å². The summed E-state index contributed by atoms with van der Waals surface area (Å²) < 4.78 is 0. The van der Waals surface area contributed by atoms with Gasteiger partial charge in [-0.1, -0.05) is 79.9 Å². The van der Waals surface area contributed by atoms with E-state index < -0.39 is 0 Å². The molecule has 24 heavy (non-hydrogen) atoms. The quantitative estimate of drug-likeness (QED) is 0.304. The summed E-state index contributed by atoms with van der Waals surface area (Å²) in [6.07, 6.45) is 13.9. The maximum atomic E-state index is 9.24. The monoisotopic (exact) mass is 318 g/mol. The van der Waals surface area contributed by atoms with E-state index >= 15 is 0 Å². The van der Waals surface area contributed by atoms with Crippen molar-refractivity contribution >= 4 is 11.8 Å². The highest BCUT2D eigenvalue weighted by molar-refractivity contribution is 5.49. The molecule has 124 valence electrons. The lowest BCUT2D eigenvalue weighted by Crippen LogP contribution is -2.17. The van der Waals surface area contributed by atoms with Crippen molar-refractivity contribution in [1.82, 2.24) is 0 Å². The van der Waals surface area contributed by atoms with Crippen LogP contribution in [0.1, 0.15) is 44.1 Å². The largest absolute Gasteiger partial charge is 0.279 e. The molecule has 0 saturated heterocycles. The summed E-state index contributed by atoms with van der Waals surface area (Å²) in [4.78, 5) is 1.78. The van der Waals surface area contributed by atoms with Gasteiger partial charge in [-0.3, -0.25) is 4.90 Å². The zero-order valence-corrected chi connectivity index (χ0v) is 14.3. The summed E-state index contributed by atoms with van der Waals surface area (Å²) >= 11 is 0. The standard InChI is InChI=1S/C22H26N2/c23-20-24(22-17-11-7-12-18-22)19-13-5-3-1-2-4-8-14-21-15-9-6-10-16-21/h6-12,14-18H,1-5,13,19H2. The number of anilines is 1. The predicted octanol–water partition coefficient (Wildman–Crippen LogP) is 6.03. The van der Waals surface area contributed by atoms with Crippen molar-refractivity contribution in [2.24, 2.45) is 0 Å². The fraction of sp³-hybridized carbons (Fsp3) is 0.318. The summed E-state index contributed by atoms with van der Waals surface area (Å²) in [6.45, 7) is 0.814. The lowest BCUT2D eigenvalue weighted by molar-refractivity contribution is 0.620. The normalized spacial score (nSPS) is 10.6. The van der Waals surface area contributed by atoms with Crippen molar-refractivity contribution < 1.29 is 0 Å². The number of nitriles is 1. The third-order valence-corrected chi connectivity index (χ3v) is 4.05. The van der Waals surface area contributed by atoms with Gasteiger partial charge in [0, 0.05) is 6.54 Å². The molecule has 0 saturated carbocycles. The average molecular weight is 318 g/mol. The van der Waals surface area contributed by atoms with Gasteiger partial charge >= 0.3 is 0 Å². The summed E-state index contributed by atoms with van der Waals surface area (Å²) in [7, 11) is 0. The van der Waals surface area contributed by atoms with Gasteiger partial charge in [0.25, 0.3) is 0 Å². The minimum absolute atomic E-state index is 0.814. The molecule has 0 aliphatic rings. The second-order valence-corrected chi connectivity index (χ2v) is 5.96. The molecule has 0 atom stereocenters. The molecule has 0 unspecified atom stereocenters. The van der Waals surface area contributed by atoms with Crippen molar-refractivity contribution in [3.63, 3.8) is 0 Å². The zero-order chi connectivity index (χ0) is 16.9. The van der Waals surface area contributed by atoms with Crippen LogP contribution >= 0.6 is 0 Å². The van der Waals surface area contributed by atoms with Crippen LogP contribution in [0.25, 0.3) is 6.08 Å². The maximum absolute atomic E-state index is 9.24. The van der Waals surface area contributed by atoms with Gasteiger partial charge in [-0.05, 0) is 37.0 Å². The minimum atomic E-state index is 0.814. The van der Waals surface area contributed by atoms with Gasteiger partial charge < -0.3 is 0 Å². The molecule has 2 aromatic carbocycles. The highest BCUT2D eigenvalue weighted by atomic mass is 15.1. The van der Waals surface area contributed by atoms with E-state index in [2.05, 4.69) is 42.6 Å². The van der Waals surface area contributed by atoms with E-state index in [1.165, 1.54) is 31.2 Å². The molecule has 0 aliphatic heterocycles. The van der Waals surface area contributed by atoms with Gasteiger partial charge in [0.15, 0.2) is 6.19 Å². The Morgan fingerprint density at radius 1 is 0.792 bits per heavy atom. The van der Waals surface area contributed by atoms with Gasteiger partial charge in [-0.25, -0.2) is 0 Å². The molecule has 0 radical (unpaired) electrons. The van der Waals surface area contributed by atoms with Crippen molar-refractivity contribution in [3.05, 3.63) is 72.3 Å². The van der Waals surface area contributed by atoms with Gasteiger partial charge in [0.2, 0.25) is 0 Å². The molecule has 2 heteroatoms. The molecule has 0 fully saturated rings. The Hall–Kier alpha value is -2.53. The highest BCUT2D eigenvalue weighted by Gasteiger charge is 2.03. The Labute approximate surface area is 146 Å². The zero-order valence-electron chi connectivity index (χ0n) is 14.3. The minimum Gasteiger partial charge on any atom is -0.279 e. The first kappa shape index (κ1) is 17.8. The van der Waals surface area contributed by atoms with Crippen LogP contribution in [0, 0.1) is 11.5 Å². The Morgan fingerprint density at radius 3 is 2.12 bits per heavy atom. The molecule has 2 nitrogen and oxygen atoms in total. The summed E-state index contributed by atoms with van der Waals surface area (Å²) in [5.74, 6) is 0. The second-order valence-electron chi connectivity index (χ2n) is 5.96. The van der Waals surface area contributed by atoms with E-state index in [1.807, 2.05) is 36.4 Å². The van der Waals surface area contributed by atoms with Gasteiger partial charge in [0.05, 0.1) is 5.69 Å². The molecule has 0 heterocycles. The van der Waals surface area contributed by atoms with Gasteiger partial charge in [0.1, 0.15) is 0 Å². The van der Waals surface area contributed by atoms with E-state index in [-0.39, 0.29) is 0 Å². The van der Waals surface area contributed by atoms with Gasteiger partial charge in [-0.2, -0.15) is 5.26 Å². The topological polar surface area (TPSA) is 27.0 Å². The molecule has 0 aliphatic carbocycles. The smallest absolute Gasteiger partial charge is 0.184 e. The lowest BCUT2D eigenvalue weighted by atomic mass is 10.1. The summed E-state index contributed by atoms with van der Waals surface area (Å²) in [5.41, 5.74) is 2.26. The number of hydrogen-bond donors (Lipinski definition) is 0. The van der Waals surface area contributed by atoms with Crippen molar-refractivity contribution in [2.45, 2.75) is 38.5 Å². The number of unbranched alkanes of at least 4 members (excludes halogenated alkanes) is 5. The van der Waals surface area contributed by atoms with Crippen LogP contribution in [-0.4, -0.2) is 6.54 Å². The van der Waals surface area contributed by atoms with Crippen LogP contribution in [-0.2, 0) is 0 Å². The number of nitrogens with zero attached hydrogens (tertiary/aromatic N) is 2. The second kappa shape index (κ2) is 11.1. The third-order valence-electron chi connectivity index (χ3n) is 4.05. The first-order chi connectivity index (χ1) is 11.9. The number of rotatable bonds is 10. The van der Waals surface area contributed by atoms with E-state index in [9.17, 15) is 5.26 Å². The average Bonchev–Trinajstić information content (AvgIpc) is 2.65. The van der Waals surface area contributed by atoms with Crippen molar-refractivity contribution in [3.8, 4) is 6.19 Å².